The van der Waals surface area contributed by atoms with Gasteiger partial charge < -0.3 is 0 Å². The van der Waals surface area contributed by atoms with Crippen LogP contribution < -0.4 is 4.83 Å². The number of rotatable bonds is 4. The van der Waals surface area contributed by atoms with Gasteiger partial charge in [-0.25, -0.2) is 4.83 Å². The molecule has 24 heavy (non-hydrogen) atoms. The number of halogens is 3. The number of benzene rings is 2. The first-order valence-corrected chi connectivity index (χ1v) is 8.37. The first-order chi connectivity index (χ1) is 11.1. The van der Waals surface area contributed by atoms with Crippen LogP contribution in [0.3, 0.4) is 0 Å². The van der Waals surface area contributed by atoms with Gasteiger partial charge in [-0.15, -0.1) is 0 Å². The number of alkyl halides is 3. The molecule has 0 amide bonds. The van der Waals surface area contributed by atoms with E-state index in [1.165, 1.54) is 18.2 Å². The Bertz CT molecular complexity index is 858. The van der Waals surface area contributed by atoms with Crippen LogP contribution in [0, 0.1) is 13.8 Å². The highest BCUT2D eigenvalue weighted by atomic mass is 32.2. The summed E-state index contributed by atoms with van der Waals surface area (Å²) in [6, 6.07) is 9.22. The van der Waals surface area contributed by atoms with Crippen LogP contribution >= 0.6 is 0 Å². The first-order valence-electron chi connectivity index (χ1n) is 6.89. The summed E-state index contributed by atoms with van der Waals surface area (Å²) in [4.78, 5) is 2.16. The van der Waals surface area contributed by atoms with Gasteiger partial charge >= 0.3 is 6.18 Å². The van der Waals surface area contributed by atoms with Crippen LogP contribution in [0.25, 0.3) is 0 Å². The van der Waals surface area contributed by atoms with Crippen molar-refractivity contribution in [3.05, 3.63) is 64.7 Å². The molecule has 2 rings (SSSR count). The van der Waals surface area contributed by atoms with Crippen molar-refractivity contribution < 1.29 is 21.6 Å². The number of nitrogens with one attached hydrogen (secondary N) is 1. The monoisotopic (exact) mass is 356 g/mol. The Morgan fingerprint density at radius 3 is 2.25 bits per heavy atom. The Hall–Kier alpha value is -2.35. The molecular formula is C16H15F3N2O2S. The van der Waals surface area contributed by atoms with Crippen LogP contribution in [0.15, 0.2) is 52.5 Å². The van der Waals surface area contributed by atoms with Crippen LogP contribution in [-0.4, -0.2) is 14.6 Å². The molecule has 8 heteroatoms. The molecular weight excluding hydrogens is 341 g/mol. The third kappa shape index (κ3) is 4.35. The van der Waals surface area contributed by atoms with Gasteiger partial charge in [0, 0.05) is 0 Å². The smallest absolute Gasteiger partial charge is 0.200 e. The van der Waals surface area contributed by atoms with E-state index in [4.69, 9.17) is 0 Å². The average Bonchev–Trinajstić information content (AvgIpc) is 2.49. The summed E-state index contributed by atoms with van der Waals surface area (Å²) in [6.45, 7) is 3.43. The van der Waals surface area contributed by atoms with Crippen LogP contribution in [0.5, 0.6) is 0 Å². The molecule has 0 unspecified atom stereocenters. The predicted molar refractivity (Wildman–Crippen MR) is 85.3 cm³/mol. The van der Waals surface area contributed by atoms with Crippen molar-refractivity contribution >= 4 is 16.2 Å². The highest BCUT2D eigenvalue weighted by Crippen LogP contribution is 2.28. The van der Waals surface area contributed by atoms with Gasteiger partial charge in [0.1, 0.15) is 0 Å². The van der Waals surface area contributed by atoms with Gasteiger partial charge in [-0.2, -0.15) is 26.7 Å². The molecule has 0 heterocycles. The zero-order valence-electron chi connectivity index (χ0n) is 12.9. The zero-order chi connectivity index (χ0) is 18.0. The van der Waals surface area contributed by atoms with Crippen molar-refractivity contribution in [2.75, 3.05) is 0 Å². The average molecular weight is 356 g/mol. The Morgan fingerprint density at radius 2 is 1.67 bits per heavy atom. The van der Waals surface area contributed by atoms with Crippen LogP contribution in [0.1, 0.15) is 22.3 Å². The minimum atomic E-state index is -4.42. The SMILES string of the molecule is Cc1ccc(C)c(S(=O)(=O)NN=Cc2ccc(C(F)(F)F)cc2)c1. The Morgan fingerprint density at radius 1 is 1.04 bits per heavy atom. The second-order valence-electron chi connectivity index (χ2n) is 5.24. The van der Waals surface area contributed by atoms with E-state index in [0.717, 1.165) is 23.9 Å². The number of sulfonamides is 1. The van der Waals surface area contributed by atoms with Gasteiger partial charge in [0.25, 0.3) is 10.0 Å². The molecule has 0 saturated carbocycles. The zero-order valence-corrected chi connectivity index (χ0v) is 13.7. The second kappa shape index (κ2) is 6.64. The predicted octanol–water partition coefficient (Wildman–Crippen LogP) is 3.63. The quantitative estimate of drug-likeness (QED) is 0.672. The molecule has 0 atom stereocenters. The number of hydrogen-bond acceptors (Lipinski definition) is 3. The Balaban J connectivity index is 2.14. The molecule has 0 aliphatic heterocycles. The lowest BCUT2D eigenvalue weighted by atomic mass is 10.1. The maximum absolute atomic E-state index is 12.5. The Kier molecular flexibility index (Phi) is 4.98. The maximum Gasteiger partial charge on any atom is 0.416 e. The van der Waals surface area contributed by atoms with E-state index in [9.17, 15) is 21.6 Å². The summed E-state index contributed by atoms with van der Waals surface area (Å²) in [5.74, 6) is 0. The van der Waals surface area contributed by atoms with Crippen LogP contribution in [-0.2, 0) is 16.2 Å². The highest BCUT2D eigenvalue weighted by molar-refractivity contribution is 7.89. The molecule has 0 bridgehead atoms. The van der Waals surface area contributed by atoms with E-state index < -0.39 is 21.8 Å². The van der Waals surface area contributed by atoms with Crippen molar-refractivity contribution in [2.45, 2.75) is 24.9 Å². The molecule has 1 N–H and O–H groups in total. The van der Waals surface area contributed by atoms with E-state index >= 15 is 0 Å². The summed E-state index contributed by atoms with van der Waals surface area (Å²) < 4.78 is 61.8. The van der Waals surface area contributed by atoms with Gasteiger partial charge in [0.15, 0.2) is 0 Å². The van der Waals surface area contributed by atoms with Crippen molar-refractivity contribution in [3.8, 4) is 0 Å². The van der Waals surface area contributed by atoms with Crippen molar-refractivity contribution in [2.24, 2.45) is 5.10 Å². The van der Waals surface area contributed by atoms with E-state index in [-0.39, 0.29) is 4.90 Å². The molecule has 128 valence electrons. The third-order valence-corrected chi connectivity index (χ3v) is 4.62. The van der Waals surface area contributed by atoms with Crippen molar-refractivity contribution in [1.29, 1.82) is 0 Å². The fourth-order valence-corrected chi connectivity index (χ4v) is 3.10. The number of nitrogens with zero attached hydrogens (tertiary/aromatic N) is 1. The number of hydrazone groups is 1. The van der Waals surface area contributed by atoms with Crippen LogP contribution in [0.4, 0.5) is 13.2 Å². The molecule has 2 aromatic carbocycles. The fourth-order valence-electron chi connectivity index (χ4n) is 1.97. The summed E-state index contributed by atoms with van der Waals surface area (Å²) in [5.41, 5.74) is 0.910. The first kappa shape index (κ1) is 18.0. The molecule has 4 nitrogen and oxygen atoms in total. The molecule has 0 aromatic heterocycles. The maximum atomic E-state index is 12.5. The third-order valence-electron chi connectivity index (χ3n) is 3.26. The van der Waals surface area contributed by atoms with Crippen LogP contribution in [0.2, 0.25) is 0 Å². The fraction of sp³-hybridized carbons (Fsp3) is 0.188. The van der Waals surface area contributed by atoms with Gasteiger partial charge in [-0.1, -0.05) is 24.3 Å². The normalized spacial score (nSPS) is 12.5. The molecule has 0 spiro atoms. The summed E-state index contributed by atoms with van der Waals surface area (Å²) >= 11 is 0. The minimum absolute atomic E-state index is 0.104. The highest BCUT2D eigenvalue weighted by Gasteiger charge is 2.29. The van der Waals surface area contributed by atoms with Gasteiger partial charge in [0.05, 0.1) is 16.7 Å². The largest absolute Gasteiger partial charge is 0.416 e. The minimum Gasteiger partial charge on any atom is -0.200 e. The van der Waals surface area contributed by atoms with E-state index in [1.54, 1.807) is 26.0 Å². The van der Waals surface area contributed by atoms with Gasteiger partial charge in [-0.05, 0) is 48.7 Å². The van der Waals surface area contributed by atoms with E-state index in [1.807, 2.05) is 0 Å². The standard InChI is InChI=1S/C16H15F3N2O2S/c1-11-3-4-12(2)15(9-11)24(22,23)21-20-10-13-5-7-14(8-6-13)16(17,18)19/h3-10,21H,1-2H3. The lowest BCUT2D eigenvalue weighted by molar-refractivity contribution is -0.137. The van der Waals surface area contributed by atoms with E-state index in [2.05, 4.69) is 9.93 Å². The van der Waals surface area contributed by atoms with Crippen molar-refractivity contribution in [3.63, 3.8) is 0 Å². The van der Waals surface area contributed by atoms with Gasteiger partial charge in [-0.3, -0.25) is 0 Å². The second-order valence-corrected chi connectivity index (χ2v) is 6.87. The molecule has 0 saturated heterocycles. The molecule has 0 radical (unpaired) electrons. The summed E-state index contributed by atoms with van der Waals surface area (Å²) in [7, 11) is -3.84. The topological polar surface area (TPSA) is 58.5 Å². The summed E-state index contributed by atoms with van der Waals surface area (Å²) in [5, 5.41) is 3.61. The molecule has 2 aromatic rings. The van der Waals surface area contributed by atoms with E-state index in [0.29, 0.717) is 11.1 Å². The lowest BCUT2D eigenvalue weighted by Crippen LogP contribution is -2.19. The lowest BCUT2D eigenvalue weighted by Gasteiger charge is -2.08. The number of hydrogen-bond donors (Lipinski definition) is 1. The molecule has 0 aliphatic rings. The summed E-state index contributed by atoms with van der Waals surface area (Å²) in [6.07, 6.45) is -3.28. The molecule has 0 fully saturated rings. The molecule has 0 aliphatic carbocycles. The van der Waals surface area contributed by atoms with Crippen molar-refractivity contribution in [1.82, 2.24) is 4.83 Å². The number of aryl methyl sites for hydroxylation is 2. The van der Waals surface area contributed by atoms with Gasteiger partial charge in [0.2, 0.25) is 0 Å². The Labute approximate surface area is 138 Å².